The number of nitrogens with zero attached hydrogens (tertiary/aromatic N) is 1. The molecule has 0 bridgehead atoms. The van der Waals surface area contributed by atoms with Crippen molar-refractivity contribution in [1.82, 2.24) is 14.9 Å². The molecule has 1 fully saturated rings. The minimum absolute atomic E-state index is 0.00367. The highest BCUT2D eigenvalue weighted by molar-refractivity contribution is 7.89. The van der Waals surface area contributed by atoms with E-state index < -0.39 is 10.0 Å². The smallest absolute Gasteiger partial charge is 0.237 e. The molecule has 1 amide bonds. The van der Waals surface area contributed by atoms with Crippen LogP contribution in [-0.4, -0.2) is 70.9 Å². The summed E-state index contributed by atoms with van der Waals surface area (Å²) in [6.07, 6.45) is 3.10. The second kappa shape index (κ2) is 10.2. The molecule has 0 aromatic heterocycles. The third kappa shape index (κ3) is 8.64. The van der Waals surface area contributed by atoms with E-state index in [2.05, 4.69) is 10.0 Å². The van der Waals surface area contributed by atoms with Gasteiger partial charge in [0, 0.05) is 13.1 Å². The van der Waals surface area contributed by atoms with E-state index in [1.54, 1.807) is 4.90 Å². The second-order valence-corrected chi connectivity index (χ2v) is 8.20. The molecule has 0 aromatic rings. The van der Waals surface area contributed by atoms with Gasteiger partial charge in [-0.15, -0.1) is 0 Å². The van der Waals surface area contributed by atoms with Crippen LogP contribution in [-0.2, 0) is 19.6 Å². The molecule has 136 valence electrons. The molecule has 1 aliphatic rings. The van der Waals surface area contributed by atoms with Crippen LogP contribution in [0.4, 0.5) is 0 Å². The molecular weight excluding hydrogens is 318 g/mol. The van der Waals surface area contributed by atoms with Gasteiger partial charge in [0.1, 0.15) is 0 Å². The number of carbonyl (C=O) groups is 1. The fraction of sp³-hybridized carbons (Fsp3) is 0.933. The van der Waals surface area contributed by atoms with Gasteiger partial charge in [-0.25, -0.2) is 13.1 Å². The minimum atomic E-state index is -3.46. The van der Waals surface area contributed by atoms with Crippen molar-refractivity contribution in [2.24, 2.45) is 5.92 Å². The number of likely N-dealkylation sites (tertiary alicyclic amines) is 1. The zero-order valence-electron chi connectivity index (χ0n) is 14.5. The van der Waals surface area contributed by atoms with Crippen LogP contribution in [0.5, 0.6) is 0 Å². The maximum Gasteiger partial charge on any atom is 0.237 e. The van der Waals surface area contributed by atoms with E-state index in [-0.39, 0.29) is 30.9 Å². The average Bonchev–Trinajstić information content (AvgIpc) is 2.50. The molecule has 0 aliphatic carbocycles. The largest absolute Gasteiger partial charge is 0.378 e. The van der Waals surface area contributed by atoms with Gasteiger partial charge >= 0.3 is 0 Å². The van der Waals surface area contributed by atoms with Crippen molar-refractivity contribution in [3.05, 3.63) is 0 Å². The van der Waals surface area contributed by atoms with Crippen LogP contribution in [0.3, 0.4) is 0 Å². The Labute approximate surface area is 140 Å². The van der Waals surface area contributed by atoms with Crippen molar-refractivity contribution >= 4 is 15.9 Å². The highest BCUT2D eigenvalue weighted by Gasteiger charge is 2.23. The average molecular weight is 349 g/mol. The molecule has 0 radical (unpaired) electrons. The Kier molecular flexibility index (Phi) is 9.04. The fourth-order valence-corrected chi connectivity index (χ4v) is 3.37. The lowest BCUT2D eigenvalue weighted by molar-refractivity contribution is -0.131. The molecule has 0 atom stereocenters. The number of ether oxygens (including phenoxy) is 1. The van der Waals surface area contributed by atoms with E-state index in [4.69, 9.17) is 4.74 Å². The molecular formula is C15H31N3O4S. The lowest BCUT2D eigenvalue weighted by Gasteiger charge is -2.32. The summed E-state index contributed by atoms with van der Waals surface area (Å²) in [7, 11) is -1.52. The van der Waals surface area contributed by atoms with Gasteiger partial charge in [0.15, 0.2) is 0 Å². The Morgan fingerprint density at radius 1 is 1.30 bits per heavy atom. The Morgan fingerprint density at radius 3 is 2.52 bits per heavy atom. The summed E-state index contributed by atoms with van der Waals surface area (Å²) in [5, 5.41) is 3.14. The number of nitrogens with one attached hydrogen (secondary N) is 2. The van der Waals surface area contributed by atoms with Crippen molar-refractivity contribution in [2.75, 3.05) is 45.6 Å². The Morgan fingerprint density at radius 2 is 1.96 bits per heavy atom. The highest BCUT2D eigenvalue weighted by atomic mass is 32.2. The maximum atomic E-state index is 12.1. The second-order valence-electron chi connectivity index (χ2n) is 6.28. The SMILES string of the molecule is CNCCC1CCN(C(=O)CNS(=O)(=O)CCOC(C)C)CC1. The zero-order valence-corrected chi connectivity index (χ0v) is 15.3. The summed E-state index contributed by atoms with van der Waals surface area (Å²) < 4.78 is 31.2. The highest BCUT2D eigenvalue weighted by Crippen LogP contribution is 2.19. The Hall–Kier alpha value is -0.700. The third-order valence-corrected chi connectivity index (χ3v) is 5.30. The van der Waals surface area contributed by atoms with E-state index in [1.807, 2.05) is 20.9 Å². The predicted octanol–water partition coefficient (Wildman–Crippen LogP) is 0.179. The first kappa shape index (κ1) is 20.3. The van der Waals surface area contributed by atoms with Crippen molar-refractivity contribution in [3.8, 4) is 0 Å². The monoisotopic (exact) mass is 349 g/mol. The molecule has 23 heavy (non-hydrogen) atoms. The third-order valence-electron chi connectivity index (χ3n) is 4.02. The topological polar surface area (TPSA) is 87.7 Å². The number of carbonyl (C=O) groups excluding carboxylic acids is 1. The molecule has 1 rings (SSSR count). The minimum Gasteiger partial charge on any atom is -0.378 e. The first-order valence-corrected chi connectivity index (χ1v) is 10.0. The molecule has 1 heterocycles. The van der Waals surface area contributed by atoms with Gasteiger partial charge in [0.25, 0.3) is 0 Å². The van der Waals surface area contributed by atoms with Gasteiger partial charge in [-0.1, -0.05) is 0 Å². The Bertz CT molecular complexity index is 446. The van der Waals surface area contributed by atoms with Crippen molar-refractivity contribution < 1.29 is 17.9 Å². The van der Waals surface area contributed by atoms with E-state index in [9.17, 15) is 13.2 Å². The summed E-state index contributed by atoms with van der Waals surface area (Å²) in [6, 6.07) is 0. The normalized spacial score (nSPS) is 17.0. The number of amides is 1. The number of piperidine rings is 1. The summed E-state index contributed by atoms with van der Waals surface area (Å²) in [4.78, 5) is 13.9. The number of hydrogen-bond acceptors (Lipinski definition) is 5. The molecule has 0 unspecified atom stereocenters. The van der Waals surface area contributed by atoms with Gasteiger partial charge in [-0.05, 0) is 52.6 Å². The van der Waals surface area contributed by atoms with E-state index in [1.165, 1.54) is 0 Å². The van der Waals surface area contributed by atoms with Crippen molar-refractivity contribution in [3.63, 3.8) is 0 Å². The standard InChI is InChI=1S/C15H31N3O4S/c1-13(2)22-10-11-23(20,21)17-12-15(19)18-8-5-14(6-9-18)4-7-16-3/h13-14,16-17H,4-12H2,1-3H3. The summed E-state index contributed by atoms with van der Waals surface area (Å²) in [5.74, 6) is 0.381. The van der Waals surface area contributed by atoms with Crippen molar-refractivity contribution in [2.45, 2.75) is 39.2 Å². The fourth-order valence-electron chi connectivity index (χ4n) is 2.57. The Balaban J connectivity index is 2.26. The zero-order chi connectivity index (χ0) is 17.3. The lowest BCUT2D eigenvalue weighted by atomic mass is 9.93. The lowest BCUT2D eigenvalue weighted by Crippen LogP contribution is -2.44. The quantitative estimate of drug-likeness (QED) is 0.587. The molecule has 0 spiro atoms. The molecule has 1 aliphatic heterocycles. The molecule has 7 nitrogen and oxygen atoms in total. The van der Waals surface area contributed by atoms with Crippen LogP contribution in [0, 0.1) is 5.92 Å². The van der Waals surface area contributed by atoms with Crippen molar-refractivity contribution in [1.29, 1.82) is 0 Å². The first-order valence-electron chi connectivity index (χ1n) is 8.35. The van der Waals surface area contributed by atoms with E-state index in [0.717, 1.165) is 25.8 Å². The predicted molar refractivity (Wildman–Crippen MR) is 90.7 cm³/mol. The summed E-state index contributed by atoms with van der Waals surface area (Å²) in [6.45, 7) is 6.10. The molecule has 8 heteroatoms. The van der Waals surface area contributed by atoms with Gasteiger partial charge in [-0.3, -0.25) is 4.79 Å². The first-order chi connectivity index (χ1) is 10.8. The van der Waals surface area contributed by atoms with E-state index >= 15 is 0 Å². The molecule has 1 saturated heterocycles. The number of hydrogen-bond donors (Lipinski definition) is 2. The van der Waals surface area contributed by atoms with Gasteiger partial charge < -0.3 is 15.0 Å². The maximum absolute atomic E-state index is 12.1. The summed E-state index contributed by atoms with van der Waals surface area (Å²) >= 11 is 0. The number of rotatable bonds is 10. The van der Waals surface area contributed by atoms with Crippen LogP contribution in [0.25, 0.3) is 0 Å². The van der Waals surface area contributed by atoms with Crippen LogP contribution in [0.2, 0.25) is 0 Å². The van der Waals surface area contributed by atoms with Gasteiger partial charge in [0.2, 0.25) is 15.9 Å². The van der Waals surface area contributed by atoms with E-state index in [0.29, 0.717) is 19.0 Å². The van der Waals surface area contributed by atoms with Crippen LogP contribution in [0.15, 0.2) is 0 Å². The van der Waals surface area contributed by atoms with Crippen LogP contribution >= 0.6 is 0 Å². The van der Waals surface area contributed by atoms with Crippen LogP contribution < -0.4 is 10.0 Å². The number of sulfonamides is 1. The molecule has 2 N–H and O–H groups in total. The molecule has 0 aromatic carbocycles. The molecule has 0 saturated carbocycles. The van der Waals surface area contributed by atoms with Gasteiger partial charge in [0.05, 0.1) is 25.0 Å². The summed E-state index contributed by atoms with van der Waals surface area (Å²) in [5.41, 5.74) is 0. The van der Waals surface area contributed by atoms with Crippen LogP contribution in [0.1, 0.15) is 33.1 Å². The van der Waals surface area contributed by atoms with Gasteiger partial charge in [-0.2, -0.15) is 0 Å².